The molecule has 2 heterocycles. The van der Waals surface area contributed by atoms with Gasteiger partial charge in [0, 0.05) is 32.4 Å². The first-order valence-electron chi connectivity index (χ1n) is 10.2. The Morgan fingerprint density at radius 1 is 1.24 bits per heavy atom. The summed E-state index contributed by atoms with van der Waals surface area (Å²) in [6.45, 7) is 7.93. The van der Waals surface area contributed by atoms with Gasteiger partial charge in [-0.05, 0) is 43.2 Å². The molecule has 2 aromatic rings. The summed E-state index contributed by atoms with van der Waals surface area (Å²) < 4.78 is 29.5. The van der Waals surface area contributed by atoms with Gasteiger partial charge < -0.3 is 5.32 Å². The number of piperidine rings is 1. The van der Waals surface area contributed by atoms with Gasteiger partial charge in [-0.1, -0.05) is 38.1 Å². The fourth-order valence-electron chi connectivity index (χ4n) is 3.52. The van der Waals surface area contributed by atoms with Crippen LogP contribution in [-0.2, 0) is 23.1 Å². The molecule has 1 fully saturated rings. The van der Waals surface area contributed by atoms with Gasteiger partial charge in [-0.3, -0.25) is 9.48 Å². The van der Waals surface area contributed by atoms with E-state index in [2.05, 4.69) is 17.3 Å². The molecule has 1 amide bonds. The highest BCUT2D eigenvalue weighted by atomic mass is 32.2. The molecular formula is C21H30N4O3S. The summed E-state index contributed by atoms with van der Waals surface area (Å²) in [5.41, 5.74) is 2.19. The highest BCUT2D eigenvalue weighted by Gasteiger charge is 2.34. The normalized spacial score (nSPS) is 16.1. The Morgan fingerprint density at radius 2 is 1.93 bits per heavy atom. The number of aromatic nitrogens is 2. The maximum Gasteiger partial charge on any atom is 0.263 e. The van der Waals surface area contributed by atoms with Gasteiger partial charge in [0.05, 0.1) is 5.56 Å². The third kappa shape index (κ3) is 4.87. The van der Waals surface area contributed by atoms with Crippen LogP contribution < -0.4 is 5.32 Å². The van der Waals surface area contributed by atoms with Crippen LogP contribution in [0.1, 0.15) is 54.6 Å². The van der Waals surface area contributed by atoms with Crippen LogP contribution in [0.2, 0.25) is 0 Å². The number of carbonyl (C=O) groups is 1. The summed E-state index contributed by atoms with van der Waals surface area (Å²) in [7, 11) is -3.81. The van der Waals surface area contributed by atoms with Gasteiger partial charge in [-0.15, -0.1) is 0 Å². The van der Waals surface area contributed by atoms with Crippen molar-refractivity contribution < 1.29 is 13.2 Å². The Morgan fingerprint density at radius 3 is 2.59 bits per heavy atom. The number of nitrogens with zero attached hydrogens (tertiary/aromatic N) is 3. The van der Waals surface area contributed by atoms with Crippen LogP contribution >= 0.6 is 0 Å². The van der Waals surface area contributed by atoms with Crippen molar-refractivity contribution >= 4 is 15.9 Å². The minimum atomic E-state index is -3.81. The average Bonchev–Trinajstić information content (AvgIpc) is 3.13. The molecule has 1 saturated heterocycles. The lowest BCUT2D eigenvalue weighted by atomic mass is 10.0. The average molecular weight is 419 g/mol. The van der Waals surface area contributed by atoms with E-state index in [0.29, 0.717) is 32.1 Å². The van der Waals surface area contributed by atoms with E-state index >= 15 is 0 Å². The molecule has 158 valence electrons. The molecule has 0 unspecified atom stereocenters. The summed E-state index contributed by atoms with van der Waals surface area (Å²) >= 11 is 0. The van der Waals surface area contributed by atoms with Crippen molar-refractivity contribution in [1.29, 1.82) is 0 Å². The standard InChI is InChI=1S/C21H30N4O3S/c1-4-11-24-15-19(20(26)22-14-18-8-6-5-7-17(18)3)21(23-24)29(27,28)25-12-9-16(2)10-13-25/h5-8,15-16H,4,9-14H2,1-3H3,(H,22,26). The molecule has 29 heavy (non-hydrogen) atoms. The van der Waals surface area contributed by atoms with E-state index in [4.69, 9.17) is 0 Å². The maximum atomic E-state index is 13.2. The maximum absolute atomic E-state index is 13.2. The van der Waals surface area contributed by atoms with E-state index < -0.39 is 15.9 Å². The summed E-state index contributed by atoms with van der Waals surface area (Å²) in [4.78, 5) is 12.9. The number of aryl methyl sites for hydroxylation is 2. The second kappa shape index (κ2) is 9.09. The molecule has 3 rings (SSSR count). The Kier molecular flexibility index (Phi) is 6.74. The quantitative estimate of drug-likeness (QED) is 0.749. The van der Waals surface area contributed by atoms with Crippen molar-refractivity contribution in [2.24, 2.45) is 5.92 Å². The van der Waals surface area contributed by atoms with E-state index in [9.17, 15) is 13.2 Å². The van der Waals surface area contributed by atoms with Gasteiger partial charge in [0.2, 0.25) is 5.03 Å². The van der Waals surface area contributed by atoms with Gasteiger partial charge in [0.1, 0.15) is 0 Å². The lowest BCUT2D eigenvalue weighted by Gasteiger charge is -2.28. The van der Waals surface area contributed by atoms with Gasteiger partial charge >= 0.3 is 0 Å². The first-order chi connectivity index (χ1) is 13.8. The number of nitrogens with one attached hydrogen (secondary N) is 1. The van der Waals surface area contributed by atoms with Crippen molar-refractivity contribution in [1.82, 2.24) is 19.4 Å². The minimum Gasteiger partial charge on any atom is -0.348 e. The third-order valence-corrected chi connectivity index (χ3v) is 7.29. The molecule has 0 bridgehead atoms. The van der Waals surface area contributed by atoms with Crippen molar-refractivity contribution in [2.45, 2.75) is 58.1 Å². The smallest absolute Gasteiger partial charge is 0.263 e. The van der Waals surface area contributed by atoms with E-state index in [-0.39, 0.29) is 10.6 Å². The monoisotopic (exact) mass is 418 g/mol. The van der Waals surface area contributed by atoms with Crippen molar-refractivity contribution in [2.75, 3.05) is 13.1 Å². The fourth-order valence-corrected chi connectivity index (χ4v) is 5.09. The number of carbonyl (C=O) groups excluding carboxylic acids is 1. The zero-order chi connectivity index (χ0) is 21.0. The number of hydrogen-bond acceptors (Lipinski definition) is 4. The lowest BCUT2D eigenvalue weighted by molar-refractivity contribution is 0.0947. The van der Waals surface area contributed by atoms with E-state index in [1.165, 1.54) is 4.31 Å². The number of benzene rings is 1. The molecule has 1 N–H and O–H groups in total. The third-order valence-electron chi connectivity index (χ3n) is 5.45. The second-order valence-corrected chi connectivity index (χ2v) is 9.66. The van der Waals surface area contributed by atoms with Crippen LogP contribution in [0.4, 0.5) is 0 Å². The van der Waals surface area contributed by atoms with Crippen molar-refractivity contribution in [3.8, 4) is 0 Å². The summed E-state index contributed by atoms with van der Waals surface area (Å²) in [5.74, 6) is 0.0931. The van der Waals surface area contributed by atoms with Crippen LogP contribution in [0, 0.1) is 12.8 Å². The number of hydrogen-bond donors (Lipinski definition) is 1. The van der Waals surface area contributed by atoms with Gasteiger partial charge in [0.15, 0.2) is 0 Å². The molecule has 1 aromatic heterocycles. The predicted molar refractivity (Wildman–Crippen MR) is 112 cm³/mol. The van der Waals surface area contributed by atoms with Crippen molar-refractivity contribution in [3.63, 3.8) is 0 Å². The topological polar surface area (TPSA) is 84.3 Å². The highest BCUT2D eigenvalue weighted by Crippen LogP contribution is 2.25. The van der Waals surface area contributed by atoms with Crippen LogP contribution in [0.3, 0.4) is 0 Å². The van der Waals surface area contributed by atoms with E-state index in [1.54, 1.807) is 10.9 Å². The van der Waals surface area contributed by atoms with Crippen LogP contribution in [0.25, 0.3) is 0 Å². The molecule has 8 heteroatoms. The number of sulfonamides is 1. The molecule has 0 aliphatic carbocycles. The van der Waals surface area contributed by atoms with Gasteiger partial charge in [0.25, 0.3) is 15.9 Å². The number of rotatable bonds is 7. The predicted octanol–water partition coefficient (Wildman–Crippen LogP) is 2.95. The Hall–Kier alpha value is -2.19. The van der Waals surface area contributed by atoms with Crippen molar-refractivity contribution in [3.05, 3.63) is 47.2 Å². The molecule has 1 aliphatic rings. The van der Waals surface area contributed by atoms with Crippen LogP contribution in [0.15, 0.2) is 35.5 Å². The largest absolute Gasteiger partial charge is 0.348 e. The zero-order valence-corrected chi connectivity index (χ0v) is 18.2. The molecule has 7 nitrogen and oxygen atoms in total. The minimum absolute atomic E-state index is 0.116. The molecule has 0 spiro atoms. The molecule has 1 aliphatic heterocycles. The van der Waals surface area contributed by atoms with Crippen LogP contribution in [-0.4, -0.2) is 41.5 Å². The lowest BCUT2D eigenvalue weighted by Crippen LogP contribution is -2.39. The Bertz CT molecular complexity index is 960. The molecule has 1 aromatic carbocycles. The molecule has 0 atom stereocenters. The van der Waals surface area contributed by atoms with Crippen LogP contribution in [0.5, 0.6) is 0 Å². The molecule has 0 radical (unpaired) electrons. The Balaban J connectivity index is 1.85. The SMILES string of the molecule is CCCn1cc(C(=O)NCc2ccccc2C)c(S(=O)(=O)N2CCC(C)CC2)n1. The van der Waals surface area contributed by atoms with Gasteiger partial charge in [-0.2, -0.15) is 9.40 Å². The molecular weight excluding hydrogens is 388 g/mol. The summed E-state index contributed by atoms with van der Waals surface area (Å²) in [5, 5.41) is 7.01. The zero-order valence-electron chi connectivity index (χ0n) is 17.4. The van der Waals surface area contributed by atoms with Gasteiger partial charge in [-0.25, -0.2) is 8.42 Å². The Labute approximate surface area is 173 Å². The first-order valence-corrected chi connectivity index (χ1v) is 11.7. The molecule has 0 saturated carbocycles. The van der Waals surface area contributed by atoms with E-state index in [0.717, 1.165) is 30.4 Å². The summed E-state index contributed by atoms with van der Waals surface area (Å²) in [6, 6.07) is 7.79. The number of amides is 1. The van der Waals surface area contributed by atoms with E-state index in [1.807, 2.05) is 38.1 Å². The highest BCUT2D eigenvalue weighted by molar-refractivity contribution is 7.89. The second-order valence-electron chi connectivity index (χ2n) is 7.81. The first kappa shape index (κ1) is 21.5. The summed E-state index contributed by atoms with van der Waals surface area (Å²) in [6.07, 6.45) is 4.00. The fraction of sp³-hybridized carbons (Fsp3) is 0.524.